The predicted octanol–water partition coefficient (Wildman–Crippen LogP) is 1.85. The molecule has 1 aliphatic heterocycles. The zero-order valence-corrected chi connectivity index (χ0v) is 9.20. The smallest absolute Gasteiger partial charge is 0.304 e. The third-order valence-corrected chi connectivity index (χ3v) is 5.38. The van der Waals surface area contributed by atoms with E-state index in [1.165, 1.54) is 10.8 Å². The summed E-state index contributed by atoms with van der Waals surface area (Å²) in [7, 11) is 3.00. The lowest BCUT2D eigenvalue weighted by molar-refractivity contribution is -0.139. The number of carbonyl (C=O) groups is 2. The van der Waals surface area contributed by atoms with Crippen molar-refractivity contribution in [2.75, 3.05) is 5.75 Å². The zero-order chi connectivity index (χ0) is 10.6. The molecule has 0 bridgehead atoms. The lowest BCUT2D eigenvalue weighted by Crippen LogP contribution is -2.32. The van der Waals surface area contributed by atoms with E-state index in [0.29, 0.717) is 6.42 Å². The van der Waals surface area contributed by atoms with Crippen LogP contribution >= 0.6 is 21.6 Å². The molecule has 0 aromatic carbocycles. The predicted molar refractivity (Wildman–Crippen MR) is 56.5 cm³/mol. The fourth-order valence-electron chi connectivity index (χ4n) is 1.51. The topological polar surface area (TPSA) is 74.6 Å². The molecule has 1 aliphatic rings. The van der Waals surface area contributed by atoms with E-state index in [1.54, 1.807) is 10.8 Å². The highest BCUT2D eigenvalue weighted by Crippen LogP contribution is 2.48. The molecule has 14 heavy (non-hydrogen) atoms. The molecule has 0 aromatic heterocycles. The summed E-state index contributed by atoms with van der Waals surface area (Å²) in [5, 5.41) is 17.5. The van der Waals surface area contributed by atoms with Crippen LogP contribution in [0.1, 0.15) is 25.7 Å². The van der Waals surface area contributed by atoms with Crippen LogP contribution in [0.5, 0.6) is 0 Å². The molecular weight excluding hydrogens is 224 g/mol. The average Bonchev–Trinajstić information content (AvgIpc) is 2.01. The Morgan fingerprint density at radius 2 is 1.79 bits per heavy atom. The molecule has 2 N–H and O–H groups in total. The second-order valence-electron chi connectivity index (χ2n) is 3.33. The first kappa shape index (κ1) is 11.7. The van der Waals surface area contributed by atoms with E-state index in [9.17, 15) is 9.59 Å². The zero-order valence-electron chi connectivity index (χ0n) is 7.56. The number of hydrogen-bond acceptors (Lipinski definition) is 4. The van der Waals surface area contributed by atoms with Gasteiger partial charge in [-0.25, -0.2) is 0 Å². The fourth-order valence-corrected chi connectivity index (χ4v) is 4.66. The minimum absolute atomic E-state index is 0.0586. The number of carboxylic acids is 2. The Morgan fingerprint density at radius 1 is 1.21 bits per heavy atom. The minimum atomic E-state index is -0.916. The summed E-state index contributed by atoms with van der Waals surface area (Å²) in [5.41, 5.74) is 0. The molecule has 1 saturated heterocycles. The van der Waals surface area contributed by atoms with E-state index in [0.717, 1.165) is 12.2 Å². The van der Waals surface area contributed by atoms with Gasteiger partial charge in [0, 0.05) is 10.5 Å². The lowest BCUT2D eigenvalue weighted by atomic mass is 9.95. The van der Waals surface area contributed by atoms with Gasteiger partial charge in [0.25, 0.3) is 0 Å². The van der Waals surface area contributed by atoms with E-state index in [4.69, 9.17) is 10.2 Å². The Hall–Kier alpha value is -0.360. The summed E-state index contributed by atoms with van der Waals surface area (Å²) in [4.78, 5) is 21.3. The van der Waals surface area contributed by atoms with E-state index in [-0.39, 0.29) is 12.8 Å². The first-order valence-corrected chi connectivity index (χ1v) is 6.60. The molecular formula is C8H12O4S2. The lowest BCUT2D eigenvalue weighted by Gasteiger charge is -2.32. The summed E-state index contributed by atoms with van der Waals surface area (Å²) in [6.45, 7) is 0. The SMILES string of the molecule is O=C(O)CC1(CC(=O)O)CCCSS1. The van der Waals surface area contributed by atoms with Gasteiger partial charge in [0.05, 0.1) is 12.8 Å². The highest BCUT2D eigenvalue weighted by Gasteiger charge is 2.38. The van der Waals surface area contributed by atoms with Crippen molar-refractivity contribution >= 4 is 33.5 Å². The quantitative estimate of drug-likeness (QED) is 0.726. The van der Waals surface area contributed by atoms with Crippen LogP contribution in [-0.4, -0.2) is 32.7 Å². The van der Waals surface area contributed by atoms with E-state index in [2.05, 4.69) is 0 Å². The largest absolute Gasteiger partial charge is 0.481 e. The van der Waals surface area contributed by atoms with Crippen molar-refractivity contribution < 1.29 is 19.8 Å². The van der Waals surface area contributed by atoms with Gasteiger partial charge in [-0.1, -0.05) is 21.6 Å². The molecule has 4 nitrogen and oxygen atoms in total. The molecule has 0 saturated carbocycles. The van der Waals surface area contributed by atoms with Crippen molar-refractivity contribution in [3.63, 3.8) is 0 Å². The number of hydrogen-bond donors (Lipinski definition) is 2. The normalized spacial score (nSPS) is 20.3. The Kier molecular flexibility index (Phi) is 4.12. The monoisotopic (exact) mass is 236 g/mol. The maximum absolute atomic E-state index is 10.6. The van der Waals surface area contributed by atoms with Gasteiger partial charge >= 0.3 is 11.9 Å². The molecule has 0 aliphatic carbocycles. The van der Waals surface area contributed by atoms with Crippen LogP contribution in [0.25, 0.3) is 0 Å². The van der Waals surface area contributed by atoms with Crippen molar-refractivity contribution in [1.29, 1.82) is 0 Å². The number of rotatable bonds is 4. The Morgan fingerprint density at radius 3 is 2.14 bits per heavy atom. The molecule has 0 atom stereocenters. The van der Waals surface area contributed by atoms with Gasteiger partial charge in [0.1, 0.15) is 0 Å². The molecule has 0 spiro atoms. The number of aliphatic carboxylic acids is 2. The van der Waals surface area contributed by atoms with Crippen molar-refractivity contribution in [1.82, 2.24) is 0 Å². The Labute approximate surface area is 89.8 Å². The molecule has 80 valence electrons. The van der Waals surface area contributed by atoms with Crippen LogP contribution in [0, 0.1) is 0 Å². The Bertz CT molecular complexity index is 217. The highest BCUT2D eigenvalue weighted by atomic mass is 33.1. The summed E-state index contributed by atoms with van der Waals surface area (Å²) in [6, 6.07) is 0. The maximum atomic E-state index is 10.6. The van der Waals surface area contributed by atoms with E-state index < -0.39 is 16.7 Å². The van der Waals surface area contributed by atoms with Gasteiger partial charge in [0.15, 0.2) is 0 Å². The minimum Gasteiger partial charge on any atom is -0.481 e. The van der Waals surface area contributed by atoms with Crippen molar-refractivity contribution in [3.05, 3.63) is 0 Å². The molecule has 0 unspecified atom stereocenters. The first-order chi connectivity index (χ1) is 6.54. The summed E-state index contributed by atoms with van der Waals surface area (Å²) >= 11 is 0. The van der Waals surface area contributed by atoms with Crippen LogP contribution in [0.2, 0.25) is 0 Å². The van der Waals surface area contributed by atoms with Crippen molar-refractivity contribution in [2.24, 2.45) is 0 Å². The van der Waals surface area contributed by atoms with Crippen LogP contribution in [0.3, 0.4) is 0 Å². The van der Waals surface area contributed by atoms with Gasteiger partial charge in [0.2, 0.25) is 0 Å². The fraction of sp³-hybridized carbons (Fsp3) is 0.750. The van der Waals surface area contributed by atoms with Crippen LogP contribution < -0.4 is 0 Å². The van der Waals surface area contributed by atoms with Crippen molar-refractivity contribution in [2.45, 2.75) is 30.4 Å². The van der Waals surface area contributed by atoms with Crippen LogP contribution in [-0.2, 0) is 9.59 Å². The first-order valence-electron chi connectivity index (χ1n) is 4.28. The number of carboxylic acid groups (broad SMARTS) is 2. The third-order valence-electron chi connectivity index (χ3n) is 2.04. The van der Waals surface area contributed by atoms with Crippen molar-refractivity contribution in [3.8, 4) is 0 Å². The Balaban J connectivity index is 2.66. The van der Waals surface area contributed by atoms with Crippen LogP contribution in [0.4, 0.5) is 0 Å². The van der Waals surface area contributed by atoms with Gasteiger partial charge in [-0.3, -0.25) is 9.59 Å². The van der Waals surface area contributed by atoms with E-state index in [1.807, 2.05) is 0 Å². The molecule has 0 amide bonds. The molecule has 1 heterocycles. The second kappa shape index (κ2) is 4.93. The molecule has 1 fully saturated rings. The standard InChI is InChI=1S/C8H12O4S2/c9-6(10)4-8(5-7(11)12)2-1-3-13-14-8/h1-5H2,(H,9,10)(H,11,12). The molecule has 6 heteroatoms. The third kappa shape index (κ3) is 3.42. The molecule has 0 radical (unpaired) electrons. The molecule has 1 rings (SSSR count). The van der Waals surface area contributed by atoms with Gasteiger partial charge in [-0.2, -0.15) is 0 Å². The van der Waals surface area contributed by atoms with Gasteiger partial charge in [-0.15, -0.1) is 0 Å². The summed E-state index contributed by atoms with van der Waals surface area (Å²) in [6.07, 6.45) is 1.47. The molecule has 0 aromatic rings. The van der Waals surface area contributed by atoms with E-state index >= 15 is 0 Å². The summed E-state index contributed by atoms with van der Waals surface area (Å²) < 4.78 is -0.597. The average molecular weight is 236 g/mol. The van der Waals surface area contributed by atoms with Gasteiger partial charge < -0.3 is 10.2 Å². The van der Waals surface area contributed by atoms with Crippen LogP contribution in [0.15, 0.2) is 0 Å². The maximum Gasteiger partial charge on any atom is 0.304 e. The second-order valence-corrected chi connectivity index (χ2v) is 6.22. The van der Waals surface area contributed by atoms with Gasteiger partial charge in [-0.05, 0) is 12.8 Å². The summed E-state index contributed by atoms with van der Waals surface area (Å²) in [5.74, 6) is -0.853. The highest BCUT2D eigenvalue weighted by molar-refractivity contribution is 8.77.